The zero-order chi connectivity index (χ0) is 10.8. The van der Waals surface area contributed by atoms with Gasteiger partial charge in [0.15, 0.2) is 5.78 Å². The predicted octanol–water partition coefficient (Wildman–Crippen LogP) is 1.04. The zero-order valence-corrected chi connectivity index (χ0v) is 8.70. The Morgan fingerprint density at radius 1 is 1.40 bits per heavy atom. The van der Waals surface area contributed by atoms with E-state index >= 15 is 0 Å². The molecule has 0 radical (unpaired) electrons. The van der Waals surface area contributed by atoms with Gasteiger partial charge in [-0.05, 0) is 12.1 Å². The topological polar surface area (TPSA) is 50.3 Å². The molecule has 4 nitrogen and oxygen atoms in total. The molecule has 2 heterocycles. The SMILES string of the molecule is O=C1CC(=O)N(Cc2cccc(Cl)n2)C1. The first kappa shape index (κ1) is 10.1. The lowest BCUT2D eigenvalue weighted by atomic mass is 10.3. The summed E-state index contributed by atoms with van der Waals surface area (Å²) in [4.78, 5) is 27.9. The lowest BCUT2D eigenvalue weighted by Crippen LogP contribution is -2.25. The number of hydrogen-bond acceptors (Lipinski definition) is 3. The number of nitrogens with zero attached hydrogens (tertiary/aromatic N) is 2. The van der Waals surface area contributed by atoms with Crippen molar-refractivity contribution in [1.82, 2.24) is 9.88 Å². The van der Waals surface area contributed by atoms with E-state index in [-0.39, 0.29) is 24.7 Å². The summed E-state index contributed by atoms with van der Waals surface area (Å²) in [6, 6.07) is 5.22. The van der Waals surface area contributed by atoms with Crippen LogP contribution in [-0.4, -0.2) is 28.1 Å². The van der Waals surface area contributed by atoms with E-state index in [0.717, 1.165) is 0 Å². The number of aromatic nitrogens is 1. The van der Waals surface area contributed by atoms with E-state index in [9.17, 15) is 9.59 Å². The summed E-state index contributed by atoms with van der Waals surface area (Å²) in [6.45, 7) is 0.540. The van der Waals surface area contributed by atoms with E-state index in [1.807, 2.05) is 0 Å². The van der Waals surface area contributed by atoms with Gasteiger partial charge in [-0.1, -0.05) is 17.7 Å². The lowest BCUT2D eigenvalue weighted by Gasteiger charge is -2.13. The molecule has 1 amide bonds. The van der Waals surface area contributed by atoms with Gasteiger partial charge >= 0.3 is 0 Å². The van der Waals surface area contributed by atoms with Crippen LogP contribution in [0.2, 0.25) is 5.15 Å². The summed E-state index contributed by atoms with van der Waals surface area (Å²) >= 11 is 5.71. The molecule has 0 aliphatic carbocycles. The fourth-order valence-corrected chi connectivity index (χ4v) is 1.70. The Morgan fingerprint density at radius 2 is 2.20 bits per heavy atom. The molecular formula is C10H9ClN2O2. The molecule has 1 saturated heterocycles. The number of carbonyl (C=O) groups is 2. The lowest BCUT2D eigenvalue weighted by molar-refractivity contribution is -0.128. The van der Waals surface area contributed by atoms with Crippen molar-refractivity contribution in [3.8, 4) is 0 Å². The number of amides is 1. The second-order valence-corrected chi connectivity index (χ2v) is 3.80. The highest BCUT2D eigenvalue weighted by Crippen LogP contribution is 2.12. The second kappa shape index (κ2) is 3.98. The molecule has 0 spiro atoms. The minimum atomic E-state index is -0.137. The van der Waals surface area contributed by atoms with Crippen molar-refractivity contribution in [2.45, 2.75) is 13.0 Å². The van der Waals surface area contributed by atoms with Gasteiger partial charge in [0.25, 0.3) is 0 Å². The van der Waals surface area contributed by atoms with Crippen LogP contribution in [0.15, 0.2) is 18.2 Å². The molecule has 2 rings (SSSR count). The van der Waals surface area contributed by atoms with E-state index in [4.69, 9.17) is 11.6 Å². The molecule has 1 aliphatic rings. The van der Waals surface area contributed by atoms with Crippen molar-refractivity contribution in [2.75, 3.05) is 6.54 Å². The van der Waals surface area contributed by atoms with Crippen molar-refractivity contribution in [1.29, 1.82) is 0 Å². The van der Waals surface area contributed by atoms with Crippen LogP contribution >= 0.6 is 11.6 Å². The number of ketones is 1. The van der Waals surface area contributed by atoms with Crippen molar-refractivity contribution < 1.29 is 9.59 Å². The first-order valence-electron chi connectivity index (χ1n) is 4.56. The first-order valence-corrected chi connectivity index (χ1v) is 4.94. The van der Waals surface area contributed by atoms with Gasteiger partial charge < -0.3 is 4.90 Å². The number of carbonyl (C=O) groups excluding carboxylic acids is 2. The molecule has 0 saturated carbocycles. The molecule has 1 aliphatic heterocycles. The minimum absolute atomic E-state index is 0.0145. The fourth-order valence-electron chi connectivity index (χ4n) is 1.52. The molecule has 0 N–H and O–H groups in total. The quantitative estimate of drug-likeness (QED) is 0.557. The van der Waals surface area contributed by atoms with Crippen LogP contribution in [0, 0.1) is 0 Å². The Hall–Kier alpha value is -1.42. The summed E-state index contributed by atoms with van der Waals surface area (Å²) in [5.41, 5.74) is 0.700. The van der Waals surface area contributed by atoms with Crippen molar-refractivity contribution >= 4 is 23.3 Å². The first-order chi connectivity index (χ1) is 7.15. The highest BCUT2D eigenvalue weighted by molar-refractivity contribution is 6.29. The van der Waals surface area contributed by atoms with E-state index in [0.29, 0.717) is 17.4 Å². The van der Waals surface area contributed by atoms with Crippen LogP contribution in [-0.2, 0) is 16.1 Å². The van der Waals surface area contributed by atoms with Gasteiger partial charge in [-0.3, -0.25) is 9.59 Å². The average Bonchev–Trinajstić information content (AvgIpc) is 2.45. The molecule has 1 aromatic rings. The van der Waals surface area contributed by atoms with Crippen LogP contribution in [0.4, 0.5) is 0 Å². The third-order valence-electron chi connectivity index (χ3n) is 2.19. The largest absolute Gasteiger partial charge is 0.329 e. The maximum absolute atomic E-state index is 11.3. The van der Waals surface area contributed by atoms with Gasteiger partial charge in [0.1, 0.15) is 5.15 Å². The predicted molar refractivity (Wildman–Crippen MR) is 54.3 cm³/mol. The van der Waals surface area contributed by atoms with Crippen molar-refractivity contribution in [2.24, 2.45) is 0 Å². The number of hydrogen-bond donors (Lipinski definition) is 0. The Labute approximate surface area is 91.9 Å². The Balaban J connectivity index is 2.09. The average molecular weight is 225 g/mol. The zero-order valence-electron chi connectivity index (χ0n) is 7.94. The smallest absolute Gasteiger partial charge is 0.230 e. The van der Waals surface area contributed by atoms with Crippen LogP contribution < -0.4 is 0 Å². The Morgan fingerprint density at radius 3 is 2.80 bits per heavy atom. The van der Waals surface area contributed by atoms with Crippen LogP contribution in [0.1, 0.15) is 12.1 Å². The molecule has 0 atom stereocenters. The highest BCUT2D eigenvalue weighted by atomic mass is 35.5. The third kappa shape index (κ3) is 2.33. The Bertz CT molecular complexity index is 420. The maximum Gasteiger partial charge on any atom is 0.230 e. The summed E-state index contributed by atoms with van der Waals surface area (Å²) in [6.07, 6.45) is 0.0145. The van der Waals surface area contributed by atoms with Gasteiger partial charge in [-0.2, -0.15) is 0 Å². The van der Waals surface area contributed by atoms with E-state index in [2.05, 4.69) is 4.98 Å². The number of halogens is 1. The molecule has 15 heavy (non-hydrogen) atoms. The third-order valence-corrected chi connectivity index (χ3v) is 2.40. The monoisotopic (exact) mass is 224 g/mol. The standard InChI is InChI=1S/C10H9ClN2O2/c11-9-3-1-2-7(12-9)5-13-6-8(14)4-10(13)15/h1-3H,4-6H2. The summed E-state index contributed by atoms with van der Waals surface area (Å²) < 4.78 is 0. The van der Waals surface area contributed by atoms with Gasteiger partial charge in [-0.25, -0.2) is 4.98 Å². The minimum Gasteiger partial charge on any atom is -0.329 e. The molecule has 5 heteroatoms. The van der Waals surface area contributed by atoms with E-state index < -0.39 is 0 Å². The molecule has 0 aromatic carbocycles. The summed E-state index contributed by atoms with van der Waals surface area (Å²) in [7, 11) is 0. The van der Waals surface area contributed by atoms with Gasteiger partial charge in [-0.15, -0.1) is 0 Å². The second-order valence-electron chi connectivity index (χ2n) is 3.42. The molecular weight excluding hydrogens is 216 g/mol. The summed E-state index contributed by atoms with van der Waals surface area (Å²) in [5.74, 6) is -0.177. The number of Topliss-reactive ketones (excluding diaryl/α,β-unsaturated/α-hetero) is 1. The normalized spacial score (nSPS) is 16.2. The number of likely N-dealkylation sites (tertiary alicyclic amines) is 1. The molecule has 1 aromatic heterocycles. The van der Waals surface area contributed by atoms with Crippen LogP contribution in [0.3, 0.4) is 0 Å². The van der Waals surface area contributed by atoms with Crippen molar-refractivity contribution in [3.05, 3.63) is 29.0 Å². The van der Waals surface area contributed by atoms with E-state index in [1.54, 1.807) is 18.2 Å². The van der Waals surface area contributed by atoms with Gasteiger partial charge in [0.05, 0.1) is 25.2 Å². The summed E-state index contributed by atoms with van der Waals surface area (Å²) in [5, 5.41) is 0.394. The maximum atomic E-state index is 11.3. The molecule has 0 unspecified atom stereocenters. The number of rotatable bonds is 2. The van der Waals surface area contributed by atoms with Crippen LogP contribution in [0.5, 0.6) is 0 Å². The van der Waals surface area contributed by atoms with E-state index in [1.165, 1.54) is 4.90 Å². The fraction of sp³-hybridized carbons (Fsp3) is 0.300. The number of pyridine rings is 1. The van der Waals surface area contributed by atoms with Gasteiger partial charge in [0, 0.05) is 0 Å². The molecule has 78 valence electrons. The molecule has 0 bridgehead atoms. The van der Waals surface area contributed by atoms with Crippen molar-refractivity contribution in [3.63, 3.8) is 0 Å². The highest BCUT2D eigenvalue weighted by Gasteiger charge is 2.27. The molecule has 1 fully saturated rings. The van der Waals surface area contributed by atoms with Gasteiger partial charge in [0.2, 0.25) is 5.91 Å². The van der Waals surface area contributed by atoms with Crippen LogP contribution in [0.25, 0.3) is 0 Å². The Kier molecular flexibility index (Phi) is 2.68.